The van der Waals surface area contributed by atoms with Gasteiger partial charge in [-0.1, -0.05) is 262 Å². The number of carbonyl (C=O) groups excluding carboxylic acids is 2. The zero-order valence-electron chi connectivity index (χ0n) is 46.0. The zero-order valence-corrected chi connectivity index (χ0v) is 46.0. The van der Waals surface area contributed by atoms with E-state index in [2.05, 4.69) is 55.6 Å². The molecule has 0 bridgehead atoms. The first-order chi connectivity index (χ1) is 34.0. The van der Waals surface area contributed by atoms with Crippen LogP contribution >= 0.6 is 0 Å². The third-order valence-corrected chi connectivity index (χ3v) is 13.8. The Bertz CT molecular complexity index is 1160. The van der Waals surface area contributed by atoms with E-state index < -0.39 is 12.1 Å². The number of hydrogen-bond donors (Lipinski definition) is 3. The van der Waals surface area contributed by atoms with Crippen molar-refractivity contribution >= 4 is 11.9 Å². The number of unbranched alkanes of at least 4 members (excludes halogenated alkanes) is 39. The maximum Gasteiger partial charge on any atom is 0.305 e. The average Bonchev–Trinajstić information content (AvgIpc) is 3.35. The summed E-state index contributed by atoms with van der Waals surface area (Å²) in [6, 6.07) is -0.635. The van der Waals surface area contributed by atoms with Crippen molar-refractivity contribution < 1.29 is 24.5 Å². The first kappa shape index (κ1) is 66.8. The molecule has 6 heteroatoms. The fourth-order valence-corrected chi connectivity index (χ4v) is 9.13. The minimum atomic E-state index is -0.851. The molecule has 0 radical (unpaired) electrons. The molecule has 0 heterocycles. The Hall–Kier alpha value is -2.18. The van der Waals surface area contributed by atoms with Gasteiger partial charge in [0.15, 0.2) is 0 Å². The molecule has 0 rings (SSSR count). The van der Waals surface area contributed by atoms with E-state index in [1.807, 2.05) is 6.08 Å². The summed E-state index contributed by atoms with van der Waals surface area (Å²) in [6.07, 6.45) is 74.2. The predicted octanol–water partition coefficient (Wildman–Crippen LogP) is 19.0. The van der Waals surface area contributed by atoms with Gasteiger partial charge in [-0.25, -0.2) is 0 Å². The minimum absolute atomic E-state index is 0.00825. The van der Waals surface area contributed by atoms with Crippen LogP contribution in [-0.4, -0.2) is 47.4 Å². The Morgan fingerprint density at radius 1 is 0.406 bits per heavy atom. The fourth-order valence-electron chi connectivity index (χ4n) is 9.13. The lowest BCUT2D eigenvalue weighted by molar-refractivity contribution is -0.143. The summed E-state index contributed by atoms with van der Waals surface area (Å²) in [5.74, 6) is -0.0846. The Balaban J connectivity index is 3.47. The summed E-state index contributed by atoms with van der Waals surface area (Å²) in [5.41, 5.74) is 0. The van der Waals surface area contributed by atoms with Crippen molar-refractivity contribution in [1.29, 1.82) is 0 Å². The highest BCUT2D eigenvalue weighted by Gasteiger charge is 2.18. The highest BCUT2D eigenvalue weighted by molar-refractivity contribution is 5.76. The van der Waals surface area contributed by atoms with Crippen LogP contribution in [-0.2, 0) is 14.3 Å². The van der Waals surface area contributed by atoms with Crippen LogP contribution in [0.15, 0.2) is 48.6 Å². The minimum Gasteiger partial charge on any atom is -0.466 e. The Kier molecular flexibility index (Phi) is 56.5. The van der Waals surface area contributed by atoms with Crippen molar-refractivity contribution in [3.8, 4) is 0 Å². The number of esters is 1. The molecule has 0 spiro atoms. The van der Waals surface area contributed by atoms with Crippen molar-refractivity contribution in [2.45, 2.75) is 328 Å². The Morgan fingerprint density at radius 3 is 1.13 bits per heavy atom. The second-order valence-electron chi connectivity index (χ2n) is 20.7. The van der Waals surface area contributed by atoms with Gasteiger partial charge >= 0.3 is 5.97 Å². The van der Waals surface area contributed by atoms with E-state index in [4.69, 9.17) is 4.74 Å². The number of aliphatic hydroxyl groups is 2. The second kappa shape index (κ2) is 58.4. The van der Waals surface area contributed by atoms with E-state index in [0.717, 1.165) is 57.8 Å². The fraction of sp³-hybridized carbons (Fsp3) is 0.841. The van der Waals surface area contributed by atoms with Crippen LogP contribution in [0.2, 0.25) is 0 Å². The lowest BCUT2D eigenvalue weighted by atomic mass is 10.0. The highest BCUT2D eigenvalue weighted by Crippen LogP contribution is 2.16. The summed E-state index contributed by atoms with van der Waals surface area (Å²) in [7, 11) is 0. The van der Waals surface area contributed by atoms with E-state index in [1.54, 1.807) is 6.08 Å². The van der Waals surface area contributed by atoms with Gasteiger partial charge in [0.25, 0.3) is 0 Å². The molecule has 0 aromatic carbocycles. The quantitative estimate of drug-likeness (QED) is 0.0321. The lowest BCUT2D eigenvalue weighted by Crippen LogP contribution is -2.45. The first-order valence-corrected chi connectivity index (χ1v) is 30.4. The smallest absolute Gasteiger partial charge is 0.305 e. The van der Waals surface area contributed by atoms with E-state index in [1.165, 1.54) is 231 Å². The SMILES string of the molecule is CCCCCC/C=C\C/C=C\CCCCCCCC(=O)OCCCCCCCCCCC/C=C\CCCCCCCCCC(=O)NC(CO)C(O)/C=C/CCCCCCCCCCCCCCCC. The molecule has 0 fully saturated rings. The van der Waals surface area contributed by atoms with Crippen LogP contribution in [0.5, 0.6) is 0 Å². The van der Waals surface area contributed by atoms with Crippen LogP contribution < -0.4 is 5.32 Å². The van der Waals surface area contributed by atoms with E-state index >= 15 is 0 Å². The highest BCUT2D eigenvalue weighted by atomic mass is 16.5. The molecule has 0 aliphatic carbocycles. The molecule has 3 N–H and O–H groups in total. The molecule has 2 unspecified atom stereocenters. The Morgan fingerprint density at radius 2 is 0.725 bits per heavy atom. The first-order valence-electron chi connectivity index (χ1n) is 30.4. The summed E-state index contributed by atoms with van der Waals surface area (Å²) >= 11 is 0. The third kappa shape index (κ3) is 55.0. The average molecular weight is 969 g/mol. The number of allylic oxidation sites excluding steroid dienone is 7. The molecule has 0 aromatic rings. The number of amides is 1. The second-order valence-corrected chi connectivity index (χ2v) is 20.7. The molecule has 0 saturated carbocycles. The molecule has 0 saturated heterocycles. The summed E-state index contributed by atoms with van der Waals surface area (Å²) in [5, 5.41) is 23.1. The number of ether oxygens (including phenoxy) is 1. The molecule has 6 nitrogen and oxygen atoms in total. The van der Waals surface area contributed by atoms with Crippen molar-refractivity contribution in [2.24, 2.45) is 0 Å². The van der Waals surface area contributed by atoms with Crippen LogP contribution in [0, 0.1) is 0 Å². The maximum absolute atomic E-state index is 12.5. The summed E-state index contributed by atoms with van der Waals surface area (Å²) in [4.78, 5) is 24.5. The maximum atomic E-state index is 12.5. The van der Waals surface area contributed by atoms with Gasteiger partial charge in [-0.05, 0) is 89.9 Å². The summed E-state index contributed by atoms with van der Waals surface area (Å²) in [6.45, 7) is 4.88. The van der Waals surface area contributed by atoms with Gasteiger partial charge in [-0.2, -0.15) is 0 Å². The van der Waals surface area contributed by atoms with Gasteiger partial charge in [0.1, 0.15) is 0 Å². The van der Waals surface area contributed by atoms with Gasteiger partial charge in [0.05, 0.1) is 25.4 Å². The van der Waals surface area contributed by atoms with Gasteiger partial charge in [-0.3, -0.25) is 9.59 Å². The van der Waals surface area contributed by atoms with Crippen molar-refractivity contribution in [2.75, 3.05) is 13.2 Å². The van der Waals surface area contributed by atoms with Crippen LogP contribution in [0.4, 0.5) is 0 Å². The van der Waals surface area contributed by atoms with Gasteiger partial charge in [-0.15, -0.1) is 0 Å². The van der Waals surface area contributed by atoms with Gasteiger partial charge < -0.3 is 20.3 Å². The van der Waals surface area contributed by atoms with Crippen molar-refractivity contribution in [3.05, 3.63) is 48.6 Å². The standard InChI is InChI=1S/C63H117NO5/c1-3-5-7-9-11-13-15-17-19-27-31-35-39-43-47-51-55-61(66)60(59-65)64-62(67)56-52-48-44-40-36-32-28-25-23-21-22-24-26-30-34-38-42-46-50-54-58-69-63(68)57-53-49-45-41-37-33-29-20-18-16-14-12-10-8-6-4-2/h14,16,20-21,23,29,51,55,60-61,65-66H,3-13,15,17-19,22,24-28,30-50,52-54,56-59H2,1-2H3,(H,64,67)/b16-14-,23-21-,29-20-,55-51+. The predicted molar refractivity (Wildman–Crippen MR) is 301 cm³/mol. The summed E-state index contributed by atoms with van der Waals surface area (Å²) < 4.78 is 5.47. The number of hydrogen-bond acceptors (Lipinski definition) is 5. The van der Waals surface area contributed by atoms with Crippen molar-refractivity contribution in [3.63, 3.8) is 0 Å². The van der Waals surface area contributed by atoms with Crippen LogP contribution in [0.1, 0.15) is 316 Å². The van der Waals surface area contributed by atoms with E-state index in [0.29, 0.717) is 19.4 Å². The lowest BCUT2D eigenvalue weighted by Gasteiger charge is -2.20. The molecule has 69 heavy (non-hydrogen) atoms. The topological polar surface area (TPSA) is 95.9 Å². The van der Waals surface area contributed by atoms with E-state index in [9.17, 15) is 19.8 Å². The Labute approximate surface area is 429 Å². The number of nitrogens with one attached hydrogen (secondary N) is 1. The molecule has 404 valence electrons. The number of carbonyl (C=O) groups is 2. The molecule has 0 aliphatic heterocycles. The molecule has 0 aromatic heterocycles. The molecule has 2 atom stereocenters. The van der Waals surface area contributed by atoms with E-state index in [-0.39, 0.29) is 18.5 Å². The van der Waals surface area contributed by atoms with Gasteiger partial charge in [0, 0.05) is 12.8 Å². The molecular weight excluding hydrogens is 851 g/mol. The largest absolute Gasteiger partial charge is 0.466 e. The van der Waals surface area contributed by atoms with Crippen LogP contribution in [0.25, 0.3) is 0 Å². The van der Waals surface area contributed by atoms with Crippen LogP contribution in [0.3, 0.4) is 0 Å². The number of rotatable bonds is 56. The van der Waals surface area contributed by atoms with Crippen molar-refractivity contribution in [1.82, 2.24) is 5.32 Å². The molecule has 1 amide bonds. The van der Waals surface area contributed by atoms with Gasteiger partial charge in [0.2, 0.25) is 5.91 Å². The number of aliphatic hydroxyl groups excluding tert-OH is 2. The monoisotopic (exact) mass is 968 g/mol. The third-order valence-electron chi connectivity index (χ3n) is 13.8. The zero-order chi connectivity index (χ0) is 50.0. The normalized spacial score (nSPS) is 12.9. The molecule has 0 aliphatic rings. The molecular formula is C63H117NO5.